The Morgan fingerprint density at radius 3 is 2.19 bits per heavy atom. The molecule has 1 unspecified atom stereocenters. The highest BCUT2D eigenvalue weighted by atomic mass is 16.5. The molecule has 31 heavy (non-hydrogen) atoms. The molecule has 0 aromatic heterocycles. The van der Waals surface area contributed by atoms with E-state index < -0.39 is 23.5 Å². The zero-order valence-corrected chi connectivity index (χ0v) is 18.2. The van der Waals surface area contributed by atoms with Crippen LogP contribution in [0.25, 0.3) is 5.57 Å². The van der Waals surface area contributed by atoms with Crippen molar-refractivity contribution in [1.29, 1.82) is 0 Å². The normalized spacial score (nSPS) is 16.5. The molecule has 3 rings (SSSR count). The minimum atomic E-state index is -0.904. The van der Waals surface area contributed by atoms with Gasteiger partial charge in [-0.25, -0.2) is 0 Å². The van der Waals surface area contributed by atoms with E-state index >= 15 is 0 Å². The first-order valence-electron chi connectivity index (χ1n) is 10.1. The Hall–Kier alpha value is -3.48. The van der Waals surface area contributed by atoms with E-state index in [9.17, 15) is 14.7 Å². The van der Waals surface area contributed by atoms with Crippen LogP contribution in [-0.4, -0.2) is 49.6 Å². The number of hydrogen-bond acceptors (Lipinski definition) is 6. The zero-order valence-electron chi connectivity index (χ0n) is 18.2. The van der Waals surface area contributed by atoms with Crippen LogP contribution in [0.3, 0.4) is 0 Å². The molecule has 7 nitrogen and oxygen atoms in total. The molecule has 1 aliphatic heterocycles. The molecule has 0 saturated heterocycles. The number of carbonyl (C=O) groups excluding carboxylic acids is 2. The summed E-state index contributed by atoms with van der Waals surface area (Å²) in [7, 11) is 4.64. The summed E-state index contributed by atoms with van der Waals surface area (Å²) in [5.74, 6) is -0.478. The van der Waals surface area contributed by atoms with E-state index in [1.54, 1.807) is 50.6 Å². The zero-order chi connectivity index (χ0) is 22.5. The van der Waals surface area contributed by atoms with Crippen LogP contribution >= 0.6 is 0 Å². The Morgan fingerprint density at radius 1 is 0.935 bits per heavy atom. The van der Waals surface area contributed by atoms with Crippen LogP contribution in [0.4, 0.5) is 0 Å². The molecule has 2 aromatic rings. The van der Waals surface area contributed by atoms with Gasteiger partial charge in [-0.1, -0.05) is 31.5 Å². The first-order chi connectivity index (χ1) is 15.0. The van der Waals surface area contributed by atoms with Gasteiger partial charge in [0.25, 0.3) is 11.7 Å². The number of rotatable bonds is 8. The quantitative estimate of drug-likeness (QED) is 0.645. The molecule has 0 fully saturated rings. The average Bonchev–Trinajstić information content (AvgIpc) is 2.81. The maximum atomic E-state index is 12.9. The summed E-state index contributed by atoms with van der Waals surface area (Å²) >= 11 is 0. The number of hydrogen-bond donors (Lipinski definition) is 1. The number of methoxy groups -OCH3 is 3. The topological polar surface area (TPSA) is 85.3 Å². The summed E-state index contributed by atoms with van der Waals surface area (Å²) in [6.07, 6.45) is 1.57. The van der Waals surface area contributed by atoms with E-state index in [1.165, 1.54) is 12.0 Å². The number of carbonyl (C=O) groups is 2. The van der Waals surface area contributed by atoms with Gasteiger partial charge in [0.2, 0.25) is 0 Å². The Kier molecular flexibility index (Phi) is 6.84. The molecule has 7 heteroatoms. The highest BCUT2D eigenvalue weighted by Gasteiger charge is 2.42. The van der Waals surface area contributed by atoms with Gasteiger partial charge in [0.05, 0.1) is 27.4 Å². The number of amides is 1. The van der Waals surface area contributed by atoms with Crippen LogP contribution in [0.1, 0.15) is 36.9 Å². The smallest absolute Gasteiger partial charge is 0.299 e. The molecular weight excluding hydrogens is 398 g/mol. The fraction of sp³-hybridized carbons (Fsp3) is 0.333. The molecule has 1 N–H and O–H groups in total. The van der Waals surface area contributed by atoms with Crippen molar-refractivity contribution in [2.45, 2.75) is 25.8 Å². The van der Waals surface area contributed by atoms with E-state index in [4.69, 9.17) is 14.2 Å². The number of nitrogens with zero attached hydrogens (tertiary/aromatic N) is 1. The summed E-state index contributed by atoms with van der Waals surface area (Å²) < 4.78 is 16.0. The molecule has 0 aliphatic carbocycles. The standard InChI is InChI=1S/C24H27NO6/c1-5-6-13-25-21(16-9-12-18(30-3)19(14-16)31-4)20(22(26)23(27)24(25)28)15-7-10-17(29-2)11-8-15/h7-12,14,21,26H,5-6,13H2,1-4H3. The van der Waals surface area contributed by atoms with Crippen molar-refractivity contribution in [3.8, 4) is 17.2 Å². The third-order valence-electron chi connectivity index (χ3n) is 5.39. The molecule has 1 amide bonds. The number of Topliss-reactive ketones (excluding diaryl/α,β-unsaturated/α-hetero) is 1. The lowest BCUT2D eigenvalue weighted by Gasteiger charge is -2.37. The Labute approximate surface area is 181 Å². The number of benzene rings is 2. The minimum Gasteiger partial charge on any atom is -0.504 e. The van der Waals surface area contributed by atoms with Gasteiger partial charge in [-0.15, -0.1) is 0 Å². The number of aliphatic hydroxyl groups excluding tert-OH is 1. The number of ether oxygens (including phenoxy) is 3. The van der Waals surface area contributed by atoms with E-state index in [-0.39, 0.29) is 0 Å². The summed E-state index contributed by atoms with van der Waals surface area (Å²) in [5, 5.41) is 10.8. The van der Waals surface area contributed by atoms with Gasteiger partial charge >= 0.3 is 0 Å². The van der Waals surface area contributed by atoms with Crippen molar-refractivity contribution in [2.24, 2.45) is 0 Å². The Balaban J connectivity index is 2.22. The van der Waals surface area contributed by atoms with E-state index in [2.05, 4.69) is 0 Å². The van der Waals surface area contributed by atoms with Crippen molar-refractivity contribution in [3.05, 3.63) is 59.4 Å². The number of ketones is 1. The Bertz CT molecular complexity index is 996. The molecule has 0 saturated carbocycles. The average molecular weight is 425 g/mol. The van der Waals surface area contributed by atoms with Gasteiger partial charge in [-0.2, -0.15) is 0 Å². The maximum Gasteiger partial charge on any atom is 0.299 e. The second-order valence-corrected chi connectivity index (χ2v) is 7.19. The summed E-state index contributed by atoms with van der Waals surface area (Å²) in [6.45, 7) is 2.40. The van der Waals surface area contributed by atoms with Gasteiger partial charge in [-0.05, 0) is 41.8 Å². The molecule has 164 valence electrons. The SMILES string of the molecule is CCCCN1C(=O)C(=O)C(O)=C(c2ccc(OC)cc2)C1c1ccc(OC)c(OC)c1. The molecule has 1 atom stereocenters. The fourth-order valence-electron chi connectivity index (χ4n) is 3.75. The molecule has 2 aromatic carbocycles. The van der Waals surface area contributed by atoms with Crippen molar-refractivity contribution >= 4 is 17.3 Å². The van der Waals surface area contributed by atoms with E-state index in [0.29, 0.717) is 40.5 Å². The third-order valence-corrected chi connectivity index (χ3v) is 5.39. The highest BCUT2D eigenvalue weighted by Crippen LogP contribution is 2.43. The second-order valence-electron chi connectivity index (χ2n) is 7.19. The van der Waals surface area contributed by atoms with Crippen molar-refractivity contribution in [1.82, 2.24) is 4.90 Å². The van der Waals surface area contributed by atoms with Crippen molar-refractivity contribution in [2.75, 3.05) is 27.9 Å². The van der Waals surface area contributed by atoms with Crippen LogP contribution in [0, 0.1) is 0 Å². The monoisotopic (exact) mass is 425 g/mol. The number of unbranched alkanes of at least 4 members (excludes halogenated alkanes) is 1. The van der Waals surface area contributed by atoms with E-state index in [0.717, 1.165) is 12.8 Å². The third kappa shape index (κ3) is 4.21. The Morgan fingerprint density at radius 2 is 1.61 bits per heavy atom. The predicted molar refractivity (Wildman–Crippen MR) is 116 cm³/mol. The predicted octanol–water partition coefficient (Wildman–Crippen LogP) is 3.93. The first kappa shape index (κ1) is 22.2. The highest BCUT2D eigenvalue weighted by molar-refractivity contribution is 6.44. The van der Waals surface area contributed by atoms with Gasteiger partial charge in [0.15, 0.2) is 17.3 Å². The van der Waals surface area contributed by atoms with Gasteiger partial charge in [-0.3, -0.25) is 9.59 Å². The van der Waals surface area contributed by atoms with Crippen LogP contribution < -0.4 is 14.2 Å². The molecular formula is C24H27NO6. The number of aliphatic hydroxyl groups is 1. The largest absolute Gasteiger partial charge is 0.504 e. The van der Waals surface area contributed by atoms with Crippen molar-refractivity contribution < 1.29 is 28.9 Å². The molecule has 0 spiro atoms. The molecule has 1 heterocycles. The lowest BCUT2D eigenvalue weighted by atomic mass is 9.86. The molecule has 0 bridgehead atoms. The van der Waals surface area contributed by atoms with Gasteiger partial charge < -0.3 is 24.2 Å². The van der Waals surface area contributed by atoms with Crippen LogP contribution in [0.2, 0.25) is 0 Å². The fourth-order valence-corrected chi connectivity index (χ4v) is 3.75. The minimum absolute atomic E-state index is 0.371. The van der Waals surface area contributed by atoms with Gasteiger partial charge in [0, 0.05) is 12.1 Å². The summed E-state index contributed by atoms with van der Waals surface area (Å²) in [6, 6.07) is 11.7. The lowest BCUT2D eigenvalue weighted by molar-refractivity contribution is -0.146. The molecule has 1 aliphatic rings. The first-order valence-corrected chi connectivity index (χ1v) is 10.1. The molecule has 0 radical (unpaired) electrons. The van der Waals surface area contributed by atoms with Gasteiger partial charge in [0.1, 0.15) is 5.75 Å². The summed E-state index contributed by atoms with van der Waals surface area (Å²) in [5.41, 5.74) is 1.70. The maximum absolute atomic E-state index is 12.9. The van der Waals surface area contributed by atoms with Crippen molar-refractivity contribution in [3.63, 3.8) is 0 Å². The van der Waals surface area contributed by atoms with Crippen LogP contribution in [0.15, 0.2) is 48.2 Å². The summed E-state index contributed by atoms with van der Waals surface area (Å²) in [4.78, 5) is 27.0. The lowest BCUT2D eigenvalue weighted by Crippen LogP contribution is -2.45. The second kappa shape index (κ2) is 9.55. The van der Waals surface area contributed by atoms with E-state index in [1.807, 2.05) is 13.0 Å². The van der Waals surface area contributed by atoms with Crippen LogP contribution in [0.5, 0.6) is 17.2 Å². The van der Waals surface area contributed by atoms with Crippen LogP contribution in [-0.2, 0) is 9.59 Å².